The standard InChI is InChI=1S/C19H21N3O4S/c1-21(14-7-4-3-5-8-14)18(23)16-9-6-10-17(20-16)19(24)22(2)15-11-12-27(25,26)13-15/h3-10,15H,11-13H2,1-2H3. The Morgan fingerprint density at radius 2 is 1.59 bits per heavy atom. The first kappa shape index (κ1) is 19.0. The third-order valence-corrected chi connectivity index (χ3v) is 6.46. The smallest absolute Gasteiger partial charge is 0.276 e. The van der Waals surface area contributed by atoms with Crippen molar-refractivity contribution in [2.75, 3.05) is 30.5 Å². The van der Waals surface area contributed by atoms with E-state index in [1.54, 1.807) is 38.4 Å². The summed E-state index contributed by atoms with van der Waals surface area (Å²) in [4.78, 5) is 32.5. The number of carbonyl (C=O) groups excluding carboxylic acids is 2. The molecule has 2 amide bonds. The Kier molecular flexibility index (Phi) is 5.27. The molecule has 0 spiro atoms. The molecule has 1 atom stereocenters. The number of aromatic nitrogens is 1. The van der Waals surface area contributed by atoms with Crippen molar-refractivity contribution in [1.82, 2.24) is 9.88 Å². The van der Waals surface area contributed by atoms with Crippen molar-refractivity contribution in [3.05, 3.63) is 59.9 Å². The minimum Gasteiger partial charge on any atom is -0.336 e. The van der Waals surface area contributed by atoms with E-state index in [0.29, 0.717) is 12.1 Å². The van der Waals surface area contributed by atoms with Gasteiger partial charge in [-0.2, -0.15) is 0 Å². The van der Waals surface area contributed by atoms with Crippen LogP contribution >= 0.6 is 0 Å². The monoisotopic (exact) mass is 387 g/mol. The van der Waals surface area contributed by atoms with E-state index in [0.717, 1.165) is 0 Å². The summed E-state index contributed by atoms with van der Waals surface area (Å²) in [5, 5.41) is 0. The molecule has 1 unspecified atom stereocenters. The van der Waals surface area contributed by atoms with Gasteiger partial charge in [0.25, 0.3) is 11.8 Å². The van der Waals surface area contributed by atoms with E-state index >= 15 is 0 Å². The van der Waals surface area contributed by atoms with E-state index in [1.807, 2.05) is 18.2 Å². The predicted molar refractivity (Wildman–Crippen MR) is 103 cm³/mol. The molecule has 0 radical (unpaired) electrons. The fourth-order valence-corrected chi connectivity index (χ4v) is 4.82. The lowest BCUT2D eigenvalue weighted by atomic mass is 10.2. The van der Waals surface area contributed by atoms with Gasteiger partial charge in [0.1, 0.15) is 11.4 Å². The highest BCUT2D eigenvalue weighted by Crippen LogP contribution is 2.19. The Balaban J connectivity index is 1.79. The summed E-state index contributed by atoms with van der Waals surface area (Å²) in [6, 6.07) is 13.5. The van der Waals surface area contributed by atoms with Crippen LogP contribution in [0.1, 0.15) is 27.4 Å². The number of nitrogens with zero attached hydrogens (tertiary/aromatic N) is 3. The van der Waals surface area contributed by atoms with Crippen LogP contribution in [0.3, 0.4) is 0 Å². The molecule has 3 rings (SSSR count). The Morgan fingerprint density at radius 3 is 2.19 bits per heavy atom. The van der Waals surface area contributed by atoms with Gasteiger partial charge in [-0.3, -0.25) is 9.59 Å². The van der Waals surface area contributed by atoms with E-state index in [-0.39, 0.29) is 34.8 Å². The van der Waals surface area contributed by atoms with E-state index < -0.39 is 15.7 Å². The number of para-hydroxylation sites is 1. The quantitative estimate of drug-likeness (QED) is 0.795. The molecule has 0 N–H and O–H groups in total. The average Bonchev–Trinajstić information content (AvgIpc) is 3.06. The van der Waals surface area contributed by atoms with Gasteiger partial charge in [0.05, 0.1) is 11.5 Å². The van der Waals surface area contributed by atoms with Crippen molar-refractivity contribution in [2.45, 2.75) is 12.5 Å². The Hall–Kier alpha value is -2.74. The van der Waals surface area contributed by atoms with E-state index in [9.17, 15) is 18.0 Å². The fourth-order valence-electron chi connectivity index (χ4n) is 3.04. The lowest BCUT2D eigenvalue weighted by Gasteiger charge is -2.23. The molecule has 2 aromatic rings. The van der Waals surface area contributed by atoms with Crippen molar-refractivity contribution in [2.24, 2.45) is 0 Å². The van der Waals surface area contributed by atoms with E-state index in [1.165, 1.54) is 15.9 Å². The highest BCUT2D eigenvalue weighted by Gasteiger charge is 2.33. The summed E-state index contributed by atoms with van der Waals surface area (Å²) in [7, 11) is 0.117. The fraction of sp³-hybridized carbons (Fsp3) is 0.316. The van der Waals surface area contributed by atoms with Crippen molar-refractivity contribution < 1.29 is 18.0 Å². The Bertz CT molecular complexity index is 960. The maximum absolute atomic E-state index is 12.7. The number of amides is 2. The molecule has 1 aromatic carbocycles. The zero-order valence-electron chi connectivity index (χ0n) is 15.2. The van der Waals surface area contributed by atoms with Gasteiger partial charge in [-0.25, -0.2) is 13.4 Å². The number of carbonyl (C=O) groups is 2. The number of hydrogen-bond donors (Lipinski definition) is 0. The van der Waals surface area contributed by atoms with Crippen LogP contribution in [0.2, 0.25) is 0 Å². The van der Waals surface area contributed by atoms with Gasteiger partial charge < -0.3 is 9.80 Å². The molecular weight excluding hydrogens is 366 g/mol. The first-order chi connectivity index (χ1) is 12.8. The highest BCUT2D eigenvalue weighted by atomic mass is 32.2. The van der Waals surface area contributed by atoms with Crippen LogP contribution in [0, 0.1) is 0 Å². The van der Waals surface area contributed by atoms with Gasteiger partial charge in [-0.1, -0.05) is 24.3 Å². The van der Waals surface area contributed by atoms with Crippen molar-refractivity contribution in [1.29, 1.82) is 0 Å². The van der Waals surface area contributed by atoms with Gasteiger partial charge in [-0.05, 0) is 30.7 Å². The van der Waals surface area contributed by atoms with Gasteiger partial charge in [-0.15, -0.1) is 0 Å². The first-order valence-corrected chi connectivity index (χ1v) is 10.4. The molecule has 27 heavy (non-hydrogen) atoms. The molecule has 0 saturated carbocycles. The molecule has 0 bridgehead atoms. The third-order valence-electron chi connectivity index (χ3n) is 4.71. The van der Waals surface area contributed by atoms with Crippen molar-refractivity contribution >= 4 is 27.3 Å². The van der Waals surface area contributed by atoms with Crippen LogP contribution in [0.4, 0.5) is 5.69 Å². The number of hydrogen-bond acceptors (Lipinski definition) is 5. The maximum Gasteiger partial charge on any atom is 0.276 e. The van der Waals surface area contributed by atoms with Crippen LogP contribution in [0.15, 0.2) is 48.5 Å². The van der Waals surface area contributed by atoms with Crippen LogP contribution < -0.4 is 4.90 Å². The van der Waals surface area contributed by atoms with Gasteiger partial charge in [0, 0.05) is 25.8 Å². The van der Waals surface area contributed by atoms with Gasteiger partial charge >= 0.3 is 0 Å². The second kappa shape index (κ2) is 7.48. The van der Waals surface area contributed by atoms with Crippen molar-refractivity contribution in [3.63, 3.8) is 0 Å². The first-order valence-electron chi connectivity index (χ1n) is 8.56. The third kappa shape index (κ3) is 4.16. The molecule has 7 nitrogen and oxygen atoms in total. The molecule has 0 aliphatic carbocycles. The summed E-state index contributed by atoms with van der Waals surface area (Å²) < 4.78 is 23.3. The number of rotatable bonds is 4. The molecule has 142 valence electrons. The lowest BCUT2D eigenvalue weighted by Crippen LogP contribution is -2.38. The zero-order chi connectivity index (χ0) is 19.6. The molecule has 1 fully saturated rings. The normalized spacial score (nSPS) is 18.1. The molecule has 1 aliphatic heterocycles. The van der Waals surface area contributed by atoms with Crippen LogP contribution in [0.25, 0.3) is 0 Å². The molecule has 1 aromatic heterocycles. The minimum atomic E-state index is -3.09. The Labute approximate surface area is 158 Å². The number of pyridine rings is 1. The predicted octanol–water partition coefficient (Wildman–Crippen LogP) is 1.62. The van der Waals surface area contributed by atoms with E-state index in [2.05, 4.69) is 4.98 Å². The molecule has 1 aliphatic rings. The average molecular weight is 387 g/mol. The molecule has 2 heterocycles. The van der Waals surface area contributed by atoms with Crippen molar-refractivity contribution in [3.8, 4) is 0 Å². The van der Waals surface area contributed by atoms with Crippen LogP contribution in [-0.4, -0.2) is 61.8 Å². The van der Waals surface area contributed by atoms with E-state index in [4.69, 9.17) is 0 Å². The summed E-state index contributed by atoms with van der Waals surface area (Å²) in [6.07, 6.45) is 0.417. The zero-order valence-corrected chi connectivity index (χ0v) is 16.0. The summed E-state index contributed by atoms with van der Waals surface area (Å²) >= 11 is 0. The lowest BCUT2D eigenvalue weighted by molar-refractivity contribution is 0.0741. The number of sulfone groups is 1. The second-order valence-electron chi connectivity index (χ2n) is 6.58. The Morgan fingerprint density at radius 1 is 0.963 bits per heavy atom. The molecule has 1 saturated heterocycles. The molecule has 8 heteroatoms. The summed E-state index contributed by atoms with van der Waals surface area (Å²) in [6.45, 7) is 0. The topological polar surface area (TPSA) is 87.7 Å². The number of benzene rings is 1. The van der Waals surface area contributed by atoms with Gasteiger partial charge in [0.15, 0.2) is 9.84 Å². The van der Waals surface area contributed by atoms with Crippen LogP contribution in [-0.2, 0) is 9.84 Å². The maximum atomic E-state index is 12.7. The highest BCUT2D eigenvalue weighted by molar-refractivity contribution is 7.91. The number of anilines is 1. The SMILES string of the molecule is CN(C(=O)c1cccc(C(=O)N(C)C2CCS(=O)(=O)C2)n1)c1ccccc1. The minimum absolute atomic E-state index is 0.0371. The second-order valence-corrected chi connectivity index (χ2v) is 8.81. The largest absolute Gasteiger partial charge is 0.336 e. The summed E-state index contributed by atoms with van der Waals surface area (Å²) in [5.41, 5.74) is 0.989. The molecular formula is C19H21N3O4S. The van der Waals surface area contributed by atoms with Crippen LogP contribution in [0.5, 0.6) is 0 Å². The summed E-state index contributed by atoms with van der Waals surface area (Å²) in [5.74, 6) is -0.677. The van der Waals surface area contributed by atoms with Gasteiger partial charge in [0.2, 0.25) is 0 Å².